The zero-order valence-electron chi connectivity index (χ0n) is 20.0. The van der Waals surface area contributed by atoms with Crippen molar-refractivity contribution >= 4 is 5.97 Å². The van der Waals surface area contributed by atoms with Crippen LogP contribution < -0.4 is 4.74 Å². The molecule has 1 aromatic rings. The fourth-order valence-electron chi connectivity index (χ4n) is 7.01. The Morgan fingerprint density at radius 2 is 1.71 bits per heavy atom. The van der Waals surface area contributed by atoms with Gasteiger partial charge >= 0.3 is 12.1 Å². The number of halogens is 3. The number of rotatable bonds is 9. The summed E-state index contributed by atoms with van der Waals surface area (Å²) < 4.78 is 62.5. The summed E-state index contributed by atoms with van der Waals surface area (Å²) in [6, 6.07) is 3.10. The molecule has 35 heavy (non-hydrogen) atoms. The van der Waals surface area contributed by atoms with Crippen LogP contribution >= 0.6 is 0 Å². The third kappa shape index (κ3) is 5.94. The van der Waals surface area contributed by atoms with E-state index in [9.17, 15) is 18.0 Å². The van der Waals surface area contributed by atoms with Crippen molar-refractivity contribution in [2.45, 2.75) is 44.7 Å². The van der Waals surface area contributed by atoms with E-state index < -0.39 is 23.5 Å². The second-order valence-corrected chi connectivity index (χ2v) is 10.8. The summed E-state index contributed by atoms with van der Waals surface area (Å²) in [4.78, 5) is 14.6. The van der Waals surface area contributed by atoms with Gasteiger partial charge in [0.2, 0.25) is 0 Å². The number of morpholine rings is 1. The van der Waals surface area contributed by atoms with Crippen LogP contribution in [0.25, 0.3) is 0 Å². The molecule has 0 unspecified atom stereocenters. The highest BCUT2D eigenvalue weighted by atomic mass is 19.4. The van der Waals surface area contributed by atoms with Gasteiger partial charge in [-0.25, -0.2) is 4.79 Å². The lowest BCUT2D eigenvalue weighted by Gasteiger charge is -2.56. The molecule has 5 aliphatic rings. The number of esters is 1. The molecule has 1 aliphatic heterocycles. The molecule has 0 amide bonds. The van der Waals surface area contributed by atoms with Gasteiger partial charge in [-0.05, 0) is 79.9 Å². The third-order valence-electron chi connectivity index (χ3n) is 8.14. The highest BCUT2D eigenvalue weighted by Gasteiger charge is 2.51. The maximum Gasteiger partial charge on any atom is 0.419 e. The van der Waals surface area contributed by atoms with Crippen LogP contribution in [0.3, 0.4) is 0 Å². The molecule has 9 heteroatoms. The van der Waals surface area contributed by atoms with E-state index in [4.69, 9.17) is 18.9 Å². The van der Waals surface area contributed by atoms with Crippen molar-refractivity contribution in [3.05, 3.63) is 29.3 Å². The van der Waals surface area contributed by atoms with E-state index >= 15 is 0 Å². The van der Waals surface area contributed by atoms with E-state index in [1.165, 1.54) is 19.3 Å². The maximum atomic E-state index is 13.6. The van der Waals surface area contributed by atoms with Gasteiger partial charge in [0.15, 0.2) is 6.79 Å². The van der Waals surface area contributed by atoms with Crippen LogP contribution in [0.15, 0.2) is 18.2 Å². The summed E-state index contributed by atoms with van der Waals surface area (Å²) in [5.74, 6) is 1.23. The average Bonchev–Trinajstić information content (AvgIpc) is 2.81. The summed E-state index contributed by atoms with van der Waals surface area (Å²) in [5, 5.41) is 0. The lowest BCUT2D eigenvalue weighted by Crippen LogP contribution is -2.48. The van der Waals surface area contributed by atoms with Crippen molar-refractivity contribution in [2.24, 2.45) is 23.2 Å². The van der Waals surface area contributed by atoms with E-state index in [2.05, 4.69) is 4.90 Å². The maximum absolute atomic E-state index is 13.6. The molecular formula is C26H34F3NO5. The minimum absolute atomic E-state index is 0.0241. The number of ether oxygens (including phenoxy) is 4. The molecule has 4 aliphatic carbocycles. The van der Waals surface area contributed by atoms with Crippen LogP contribution in [-0.2, 0) is 20.4 Å². The number of alkyl halides is 3. The van der Waals surface area contributed by atoms with Crippen LogP contribution in [-0.4, -0.2) is 63.7 Å². The predicted octanol–water partition coefficient (Wildman–Crippen LogP) is 4.76. The number of benzene rings is 1. The average molecular weight is 498 g/mol. The minimum Gasteiger partial charge on any atom is -0.467 e. The Labute approximate surface area is 204 Å². The quantitative estimate of drug-likeness (QED) is 0.279. The van der Waals surface area contributed by atoms with Crippen LogP contribution in [0.2, 0.25) is 0 Å². The Morgan fingerprint density at radius 1 is 1.06 bits per heavy atom. The van der Waals surface area contributed by atoms with Crippen molar-refractivity contribution in [1.82, 2.24) is 4.90 Å². The lowest BCUT2D eigenvalue weighted by atomic mass is 9.50. The van der Waals surface area contributed by atoms with Gasteiger partial charge in [-0.2, -0.15) is 13.2 Å². The first-order chi connectivity index (χ1) is 16.8. The Kier molecular flexibility index (Phi) is 7.28. The number of carbonyl (C=O) groups excluding carboxylic acids is 1. The molecule has 1 heterocycles. The van der Waals surface area contributed by atoms with Crippen LogP contribution in [0.4, 0.5) is 13.2 Å². The first kappa shape index (κ1) is 24.8. The van der Waals surface area contributed by atoms with Crippen molar-refractivity contribution in [3.8, 4) is 5.75 Å². The van der Waals surface area contributed by atoms with Crippen molar-refractivity contribution in [2.75, 3.05) is 52.9 Å². The monoisotopic (exact) mass is 497 g/mol. The lowest BCUT2D eigenvalue weighted by molar-refractivity contribution is -0.141. The molecule has 0 spiro atoms. The van der Waals surface area contributed by atoms with Crippen LogP contribution in [0.5, 0.6) is 5.75 Å². The normalized spacial score (nSPS) is 30.4. The van der Waals surface area contributed by atoms with Crippen LogP contribution in [0.1, 0.15) is 54.4 Å². The first-order valence-electron chi connectivity index (χ1n) is 12.7. The molecule has 6 nitrogen and oxygen atoms in total. The second-order valence-electron chi connectivity index (χ2n) is 10.8. The van der Waals surface area contributed by atoms with Gasteiger partial charge in [0.1, 0.15) is 12.4 Å². The van der Waals surface area contributed by atoms with Gasteiger partial charge < -0.3 is 18.9 Å². The van der Waals surface area contributed by atoms with Crippen molar-refractivity contribution in [3.63, 3.8) is 0 Å². The zero-order chi connectivity index (χ0) is 24.5. The van der Waals surface area contributed by atoms with E-state index in [1.54, 1.807) is 0 Å². The molecule has 0 aromatic heterocycles. The molecule has 4 bridgehead atoms. The van der Waals surface area contributed by atoms with Gasteiger partial charge in [0.25, 0.3) is 0 Å². The molecule has 4 saturated carbocycles. The Balaban J connectivity index is 1.16. The largest absolute Gasteiger partial charge is 0.467 e. The summed E-state index contributed by atoms with van der Waals surface area (Å²) in [6.45, 7) is 3.75. The standard InChI is InChI=1S/C26H34F3NO5/c27-26(28,29)22-2-1-21(24(31)34-8-5-30-3-6-32-7-4-30)12-23(22)35-17-33-16-25-13-18-9-19(14-25)11-20(10-18)15-25/h1-2,12,18-20H,3-11,13-17H2. The van der Waals surface area contributed by atoms with Crippen molar-refractivity contribution in [1.29, 1.82) is 0 Å². The highest BCUT2D eigenvalue weighted by molar-refractivity contribution is 5.90. The zero-order valence-corrected chi connectivity index (χ0v) is 20.0. The summed E-state index contributed by atoms with van der Waals surface area (Å²) >= 11 is 0. The second kappa shape index (κ2) is 10.3. The highest BCUT2D eigenvalue weighted by Crippen LogP contribution is 2.60. The third-order valence-corrected chi connectivity index (χ3v) is 8.14. The summed E-state index contributed by atoms with van der Waals surface area (Å²) in [6.07, 6.45) is 2.81. The van der Waals surface area contributed by atoms with Crippen LogP contribution in [0, 0.1) is 23.2 Å². The number of nitrogens with zero attached hydrogens (tertiary/aromatic N) is 1. The molecule has 1 saturated heterocycles. The van der Waals surface area contributed by atoms with Gasteiger partial charge in [0.05, 0.1) is 30.9 Å². The Hall–Kier alpha value is -1.84. The van der Waals surface area contributed by atoms with E-state index in [-0.39, 0.29) is 24.4 Å². The Bertz CT molecular complexity index is 864. The SMILES string of the molecule is O=C(OCCN1CCOCC1)c1ccc(C(F)(F)F)c(OCOCC23CC4CC(CC(C4)C2)C3)c1. The fraction of sp³-hybridized carbons (Fsp3) is 0.731. The van der Waals surface area contributed by atoms with Gasteiger partial charge in [-0.3, -0.25) is 4.90 Å². The van der Waals surface area contributed by atoms with E-state index in [1.807, 2.05) is 0 Å². The van der Waals surface area contributed by atoms with Crippen molar-refractivity contribution < 1.29 is 36.9 Å². The summed E-state index contributed by atoms with van der Waals surface area (Å²) in [5.41, 5.74) is -0.756. The molecule has 0 N–H and O–H groups in total. The molecule has 5 fully saturated rings. The first-order valence-corrected chi connectivity index (χ1v) is 12.7. The molecular weight excluding hydrogens is 463 g/mol. The van der Waals surface area contributed by atoms with E-state index in [0.29, 0.717) is 26.4 Å². The van der Waals surface area contributed by atoms with Gasteiger partial charge in [0, 0.05) is 19.6 Å². The molecule has 1 aromatic carbocycles. The minimum atomic E-state index is -4.60. The smallest absolute Gasteiger partial charge is 0.419 e. The van der Waals surface area contributed by atoms with E-state index in [0.717, 1.165) is 68.3 Å². The number of hydrogen-bond acceptors (Lipinski definition) is 6. The van der Waals surface area contributed by atoms with Gasteiger partial charge in [-0.15, -0.1) is 0 Å². The molecule has 0 atom stereocenters. The molecule has 0 radical (unpaired) electrons. The predicted molar refractivity (Wildman–Crippen MR) is 121 cm³/mol. The number of hydrogen-bond donors (Lipinski definition) is 0. The summed E-state index contributed by atoms with van der Waals surface area (Å²) in [7, 11) is 0. The number of carbonyl (C=O) groups is 1. The topological polar surface area (TPSA) is 57.2 Å². The Morgan fingerprint density at radius 3 is 2.34 bits per heavy atom. The fourth-order valence-corrected chi connectivity index (χ4v) is 7.01. The molecule has 194 valence electrons. The van der Waals surface area contributed by atoms with Gasteiger partial charge in [-0.1, -0.05) is 0 Å². The molecule has 6 rings (SSSR count).